The van der Waals surface area contributed by atoms with Crippen LogP contribution in [-0.2, 0) is 0 Å². The molecule has 0 fully saturated rings. The highest BCUT2D eigenvalue weighted by Crippen LogP contribution is 2.15. The summed E-state index contributed by atoms with van der Waals surface area (Å²) in [5, 5.41) is 0. The molecule has 0 aromatic heterocycles. The molecule has 0 aliphatic carbocycles. The first kappa shape index (κ1) is 12.5. The molecule has 11 heavy (non-hydrogen) atoms. The summed E-state index contributed by atoms with van der Waals surface area (Å²) in [4.78, 5) is -0.490. The summed E-state index contributed by atoms with van der Waals surface area (Å²) in [5.41, 5.74) is 0. The second kappa shape index (κ2) is 8.12. The van der Waals surface area contributed by atoms with Gasteiger partial charge in [0, 0.05) is 0 Å². The Kier molecular flexibility index (Phi) is 9.24. The lowest BCUT2D eigenvalue weighted by molar-refractivity contribution is 1.03. The number of rotatable bonds is 6. The summed E-state index contributed by atoms with van der Waals surface area (Å²) in [6.45, 7) is 0. The SMILES string of the molecule is ClC(Cl)CCSCCC(Cl)Cl. The lowest BCUT2D eigenvalue weighted by Gasteiger charge is -2.01. The first-order chi connectivity index (χ1) is 5.13. The van der Waals surface area contributed by atoms with Gasteiger partial charge in [0.2, 0.25) is 0 Å². The third-order valence-electron chi connectivity index (χ3n) is 0.961. The molecule has 0 spiro atoms. The van der Waals surface area contributed by atoms with Gasteiger partial charge >= 0.3 is 0 Å². The molecule has 0 aromatic rings. The Labute approximate surface area is 91.9 Å². The molecule has 0 N–H and O–H groups in total. The Bertz CT molecular complexity index is 76.7. The quantitative estimate of drug-likeness (QED) is 0.509. The van der Waals surface area contributed by atoms with Crippen LogP contribution in [0.2, 0.25) is 0 Å². The smallest absolute Gasteiger partial charge is 0.108 e. The minimum absolute atomic E-state index is 0.245. The number of hydrogen-bond acceptors (Lipinski definition) is 1. The van der Waals surface area contributed by atoms with Gasteiger partial charge in [0.25, 0.3) is 0 Å². The number of hydrogen-bond donors (Lipinski definition) is 0. The first-order valence-electron chi connectivity index (χ1n) is 3.27. The molecular weight excluding hydrogens is 246 g/mol. The molecule has 0 atom stereocenters. The molecule has 0 nitrogen and oxygen atoms in total. The third-order valence-corrected chi connectivity index (χ3v) is 2.88. The number of thioether (sulfide) groups is 1. The van der Waals surface area contributed by atoms with Crippen molar-refractivity contribution in [2.75, 3.05) is 11.5 Å². The van der Waals surface area contributed by atoms with E-state index in [-0.39, 0.29) is 9.67 Å². The zero-order valence-corrected chi connectivity index (χ0v) is 9.74. The van der Waals surface area contributed by atoms with Gasteiger partial charge in [-0.3, -0.25) is 0 Å². The molecule has 0 bridgehead atoms. The van der Waals surface area contributed by atoms with Crippen LogP contribution in [0.1, 0.15) is 12.8 Å². The predicted molar refractivity (Wildman–Crippen MR) is 57.5 cm³/mol. The maximum absolute atomic E-state index is 5.52. The van der Waals surface area contributed by atoms with Crippen molar-refractivity contribution >= 4 is 58.2 Å². The van der Waals surface area contributed by atoms with Crippen LogP contribution in [0.5, 0.6) is 0 Å². The van der Waals surface area contributed by atoms with E-state index < -0.39 is 0 Å². The zero-order chi connectivity index (χ0) is 8.69. The van der Waals surface area contributed by atoms with Crippen molar-refractivity contribution in [3.05, 3.63) is 0 Å². The van der Waals surface area contributed by atoms with Crippen LogP contribution in [-0.4, -0.2) is 21.2 Å². The highest BCUT2D eigenvalue weighted by molar-refractivity contribution is 7.99. The maximum atomic E-state index is 5.52. The first-order valence-corrected chi connectivity index (χ1v) is 6.17. The van der Waals surface area contributed by atoms with E-state index in [4.69, 9.17) is 46.4 Å². The summed E-state index contributed by atoms with van der Waals surface area (Å²) in [5.74, 6) is 1.94. The molecule has 0 aliphatic rings. The van der Waals surface area contributed by atoms with Gasteiger partial charge in [-0.05, 0) is 24.3 Å². The summed E-state index contributed by atoms with van der Waals surface area (Å²) in [7, 11) is 0. The van der Waals surface area contributed by atoms with Crippen molar-refractivity contribution in [3.63, 3.8) is 0 Å². The van der Waals surface area contributed by atoms with E-state index in [1.54, 1.807) is 11.8 Å². The van der Waals surface area contributed by atoms with E-state index in [2.05, 4.69) is 0 Å². The van der Waals surface area contributed by atoms with Crippen LogP contribution in [0.3, 0.4) is 0 Å². The Morgan fingerprint density at radius 2 is 1.18 bits per heavy atom. The van der Waals surface area contributed by atoms with Crippen LogP contribution in [0, 0.1) is 0 Å². The van der Waals surface area contributed by atoms with Gasteiger partial charge in [-0.1, -0.05) is 0 Å². The average molecular weight is 256 g/mol. The van der Waals surface area contributed by atoms with Crippen molar-refractivity contribution in [2.24, 2.45) is 0 Å². The lowest BCUT2D eigenvalue weighted by Crippen LogP contribution is -1.93. The fourth-order valence-electron chi connectivity index (χ4n) is 0.447. The molecule has 0 saturated heterocycles. The molecule has 0 rings (SSSR count). The molecule has 68 valence electrons. The normalized spacial score (nSPS) is 11.5. The highest BCUT2D eigenvalue weighted by Gasteiger charge is 2.00. The van der Waals surface area contributed by atoms with E-state index in [1.807, 2.05) is 0 Å². The van der Waals surface area contributed by atoms with Crippen molar-refractivity contribution in [3.8, 4) is 0 Å². The van der Waals surface area contributed by atoms with Crippen molar-refractivity contribution in [1.82, 2.24) is 0 Å². The van der Waals surface area contributed by atoms with Gasteiger partial charge in [0.1, 0.15) is 9.67 Å². The van der Waals surface area contributed by atoms with Gasteiger partial charge in [-0.2, -0.15) is 11.8 Å². The minimum atomic E-state index is -0.245. The van der Waals surface area contributed by atoms with E-state index in [0.29, 0.717) is 0 Å². The highest BCUT2D eigenvalue weighted by atomic mass is 35.5. The Balaban J connectivity index is 2.91. The Morgan fingerprint density at radius 3 is 1.45 bits per heavy atom. The van der Waals surface area contributed by atoms with Crippen molar-refractivity contribution < 1.29 is 0 Å². The number of alkyl halides is 4. The molecular formula is C6H10Cl4S. The predicted octanol–water partition coefficient (Wildman–Crippen LogP) is 4.11. The fraction of sp³-hybridized carbons (Fsp3) is 1.00. The molecule has 0 radical (unpaired) electrons. The van der Waals surface area contributed by atoms with Crippen molar-refractivity contribution in [2.45, 2.75) is 22.5 Å². The lowest BCUT2D eigenvalue weighted by atomic mass is 10.6. The van der Waals surface area contributed by atoms with Gasteiger partial charge in [0.05, 0.1) is 0 Å². The molecule has 0 unspecified atom stereocenters. The maximum Gasteiger partial charge on any atom is 0.108 e. The van der Waals surface area contributed by atoms with Crippen LogP contribution >= 0.6 is 58.2 Å². The number of halogens is 4. The van der Waals surface area contributed by atoms with Crippen LogP contribution < -0.4 is 0 Å². The van der Waals surface area contributed by atoms with Crippen molar-refractivity contribution in [1.29, 1.82) is 0 Å². The average Bonchev–Trinajstić information content (AvgIpc) is 1.85. The van der Waals surface area contributed by atoms with Gasteiger partial charge in [-0.25, -0.2) is 0 Å². The molecule has 0 amide bonds. The summed E-state index contributed by atoms with van der Waals surface area (Å²) in [6.07, 6.45) is 1.64. The van der Waals surface area contributed by atoms with Crippen LogP contribution in [0.15, 0.2) is 0 Å². The summed E-state index contributed by atoms with van der Waals surface area (Å²) in [6, 6.07) is 0. The molecule has 5 heteroatoms. The third kappa shape index (κ3) is 11.5. The van der Waals surface area contributed by atoms with E-state index in [1.165, 1.54) is 0 Å². The molecule has 0 saturated carbocycles. The van der Waals surface area contributed by atoms with Crippen LogP contribution in [0.25, 0.3) is 0 Å². The van der Waals surface area contributed by atoms with E-state index in [9.17, 15) is 0 Å². The molecule has 0 heterocycles. The van der Waals surface area contributed by atoms with Crippen LogP contribution in [0.4, 0.5) is 0 Å². The monoisotopic (exact) mass is 254 g/mol. The van der Waals surface area contributed by atoms with E-state index in [0.717, 1.165) is 24.3 Å². The van der Waals surface area contributed by atoms with E-state index >= 15 is 0 Å². The summed E-state index contributed by atoms with van der Waals surface area (Å²) >= 11 is 23.8. The minimum Gasteiger partial charge on any atom is -0.162 e. The molecule has 0 aliphatic heterocycles. The topological polar surface area (TPSA) is 0 Å². The standard InChI is InChI=1S/C6H10Cl4S/c7-5(8)1-3-11-4-2-6(9)10/h5-6H,1-4H2. The fourth-order valence-corrected chi connectivity index (χ4v) is 2.41. The second-order valence-electron chi connectivity index (χ2n) is 1.97. The Hall–Kier alpha value is 1.51. The van der Waals surface area contributed by atoms with Gasteiger partial charge in [0.15, 0.2) is 0 Å². The van der Waals surface area contributed by atoms with Gasteiger partial charge in [-0.15, -0.1) is 46.4 Å². The summed E-state index contributed by atoms with van der Waals surface area (Å²) < 4.78 is 0. The van der Waals surface area contributed by atoms with Gasteiger partial charge < -0.3 is 0 Å². The second-order valence-corrected chi connectivity index (χ2v) is 5.75. The molecule has 0 aromatic carbocycles. The largest absolute Gasteiger partial charge is 0.162 e. The zero-order valence-electron chi connectivity index (χ0n) is 5.90. The Morgan fingerprint density at radius 1 is 0.818 bits per heavy atom.